The molecule has 3 aromatic rings. The number of aromatic nitrogens is 3. The average molecular weight is 388 g/mol. The fourth-order valence-corrected chi connectivity index (χ4v) is 4.45. The molecule has 0 saturated heterocycles. The van der Waals surface area contributed by atoms with Crippen LogP contribution in [0.1, 0.15) is 13.8 Å². The molecule has 7 nitrogen and oxygen atoms in total. The van der Waals surface area contributed by atoms with Crippen molar-refractivity contribution in [2.24, 2.45) is 7.05 Å². The van der Waals surface area contributed by atoms with Crippen molar-refractivity contribution in [3.63, 3.8) is 0 Å². The first kappa shape index (κ1) is 17.7. The Hall–Kier alpha value is -3.35. The Bertz CT molecular complexity index is 1000. The predicted octanol–water partition coefficient (Wildman–Crippen LogP) is 3.17. The number of anilines is 6. The van der Waals surface area contributed by atoms with Crippen LogP contribution < -0.4 is 24.2 Å². The lowest BCUT2D eigenvalue weighted by atomic mass is 10.3. The summed E-state index contributed by atoms with van der Waals surface area (Å²) in [6.45, 7) is 4.41. The van der Waals surface area contributed by atoms with Gasteiger partial charge in [-0.3, -0.25) is 0 Å². The van der Waals surface area contributed by atoms with Crippen molar-refractivity contribution in [1.29, 1.82) is 0 Å². The lowest BCUT2D eigenvalue weighted by Crippen LogP contribution is -2.48. The fraction of sp³-hybridized carbons (Fsp3) is 0.318. The second-order valence-electron chi connectivity index (χ2n) is 7.72. The van der Waals surface area contributed by atoms with Crippen LogP contribution in [0.5, 0.6) is 0 Å². The average Bonchev–Trinajstić information content (AvgIpc) is 3.14. The van der Waals surface area contributed by atoms with Gasteiger partial charge < -0.3 is 9.80 Å². The summed E-state index contributed by atoms with van der Waals surface area (Å²) in [6, 6.07) is 14.7. The zero-order chi connectivity index (χ0) is 20.3. The summed E-state index contributed by atoms with van der Waals surface area (Å²) < 4.78 is 2.24. The zero-order valence-corrected chi connectivity index (χ0v) is 17.5. The van der Waals surface area contributed by atoms with Crippen LogP contribution in [-0.4, -0.2) is 36.4 Å². The van der Waals surface area contributed by atoms with Gasteiger partial charge in [0, 0.05) is 38.6 Å². The van der Waals surface area contributed by atoms with Gasteiger partial charge in [0.15, 0.2) is 12.3 Å². The standard InChI is InChI=1S/C22H26N7/c1-15-25(3)17-9-7-13-23-21(17)28(15)19-11-6-12-20(27(19)5)29-16(2)26(4)18-10-8-14-24-22(18)29/h6-16H,1-5H3/q+1/t15-,16+. The van der Waals surface area contributed by atoms with E-state index in [1.165, 1.54) is 0 Å². The van der Waals surface area contributed by atoms with E-state index in [4.69, 9.17) is 0 Å². The highest BCUT2D eigenvalue weighted by Crippen LogP contribution is 2.43. The van der Waals surface area contributed by atoms with Gasteiger partial charge in [0.25, 0.3) is 0 Å². The molecule has 2 aliphatic heterocycles. The van der Waals surface area contributed by atoms with Crippen molar-refractivity contribution in [2.45, 2.75) is 26.2 Å². The van der Waals surface area contributed by atoms with Gasteiger partial charge in [-0.1, -0.05) is 0 Å². The summed E-state index contributed by atoms with van der Waals surface area (Å²) in [5.41, 5.74) is 2.29. The van der Waals surface area contributed by atoms with Gasteiger partial charge in [-0.15, -0.1) is 0 Å². The molecule has 0 unspecified atom stereocenters. The lowest BCUT2D eigenvalue weighted by Gasteiger charge is -2.27. The van der Waals surface area contributed by atoms with Gasteiger partial charge >= 0.3 is 0 Å². The van der Waals surface area contributed by atoms with Crippen molar-refractivity contribution >= 4 is 34.6 Å². The van der Waals surface area contributed by atoms with Crippen LogP contribution in [0, 0.1) is 0 Å². The number of nitrogens with zero attached hydrogens (tertiary/aromatic N) is 7. The molecule has 0 saturated carbocycles. The molecule has 148 valence electrons. The van der Waals surface area contributed by atoms with Gasteiger partial charge in [0.2, 0.25) is 23.3 Å². The van der Waals surface area contributed by atoms with E-state index in [9.17, 15) is 0 Å². The molecule has 0 spiro atoms. The SMILES string of the molecule is C[C@@H]1N(C)c2cccnc2N1c1cccc(N2c3ncccc3N(C)[C@@H]2C)[n+]1C. The molecule has 0 aromatic carbocycles. The Morgan fingerprint density at radius 2 is 1.17 bits per heavy atom. The first-order valence-electron chi connectivity index (χ1n) is 9.94. The molecule has 5 heterocycles. The van der Waals surface area contributed by atoms with Crippen LogP contribution in [0.4, 0.5) is 34.6 Å². The van der Waals surface area contributed by atoms with E-state index in [0.29, 0.717) is 0 Å². The second-order valence-corrected chi connectivity index (χ2v) is 7.72. The molecule has 7 heteroatoms. The van der Waals surface area contributed by atoms with Crippen LogP contribution >= 0.6 is 0 Å². The van der Waals surface area contributed by atoms with Gasteiger partial charge in [-0.25, -0.2) is 24.3 Å². The summed E-state index contributed by atoms with van der Waals surface area (Å²) in [6.07, 6.45) is 4.06. The molecule has 0 amide bonds. The van der Waals surface area contributed by atoms with Crippen LogP contribution in [0.3, 0.4) is 0 Å². The maximum absolute atomic E-state index is 4.69. The lowest BCUT2D eigenvalue weighted by molar-refractivity contribution is -0.645. The first-order chi connectivity index (χ1) is 14.0. The Balaban J connectivity index is 1.64. The number of rotatable bonds is 2. The third-order valence-corrected chi connectivity index (χ3v) is 6.29. The van der Waals surface area contributed by atoms with E-state index in [-0.39, 0.29) is 12.3 Å². The summed E-state index contributed by atoms with van der Waals surface area (Å²) in [4.78, 5) is 18.5. The van der Waals surface area contributed by atoms with Crippen LogP contribution in [0.15, 0.2) is 54.9 Å². The van der Waals surface area contributed by atoms with E-state index in [2.05, 4.69) is 99.5 Å². The van der Waals surface area contributed by atoms with E-state index in [0.717, 1.165) is 34.6 Å². The fourth-order valence-electron chi connectivity index (χ4n) is 4.45. The third-order valence-electron chi connectivity index (χ3n) is 6.29. The molecule has 3 aromatic heterocycles. The molecule has 0 fully saturated rings. The molecule has 0 N–H and O–H groups in total. The molecule has 0 aliphatic carbocycles. The quantitative estimate of drug-likeness (QED) is 0.628. The van der Waals surface area contributed by atoms with E-state index in [1.807, 2.05) is 24.5 Å². The van der Waals surface area contributed by atoms with Crippen molar-refractivity contribution in [3.05, 3.63) is 54.9 Å². The Morgan fingerprint density at radius 1 is 0.724 bits per heavy atom. The minimum atomic E-state index is 0.172. The highest BCUT2D eigenvalue weighted by molar-refractivity contribution is 5.80. The summed E-state index contributed by atoms with van der Waals surface area (Å²) in [5, 5.41) is 0. The maximum Gasteiger partial charge on any atom is 0.231 e. The number of hydrogen-bond donors (Lipinski definition) is 0. The molecular weight excluding hydrogens is 362 g/mol. The van der Waals surface area contributed by atoms with Gasteiger partial charge in [-0.2, -0.15) is 0 Å². The van der Waals surface area contributed by atoms with Crippen LogP contribution in [-0.2, 0) is 7.05 Å². The molecule has 2 aliphatic rings. The molecule has 29 heavy (non-hydrogen) atoms. The number of hydrogen-bond acceptors (Lipinski definition) is 6. The monoisotopic (exact) mass is 388 g/mol. The zero-order valence-electron chi connectivity index (χ0n) is 17.5. The normalized spacial score (nSPS) is 20.3. The molecule has 2 atom stereocenters. The number of pyridine rings is 3. The van der Waals surface area contributed by atoms with Crippen molar-refractivity contribution in [2.75, 3.05) is 33.7 Å². The Morgan fingerprint density at radius 3 is 1.62 bits per heavy atom. The smallest absolute Gasteiger partial charge is 0.231 e. The Labute approximate surface area is 171 Å². The summed E-state index contributed by atoms with van der Waals surface area (Å²) in [5.74, 6) is 4.16. The largest absolute Gasteiger partial charge is 0.338 e. The van der Waals surface area contributed by atoms with Gasteiger partial charge in [0.05, 0.1) is 18.4 Å². The first-order valence-corrected chi connectivity index (χ1v) is 9.94. The number of fused-ring (bicyclic) bond motifs is 2. The second kappa shape index (κ2) is 6.34. The minimum absolute atomic E-state index is 0.172. The maximum atomic E-state index is 4.69. The molecular formula is C22H26N7+. The van der Waals surface area contributed by atoms with Crippen LogP contribution in [0.25, 0.3) is 0 Å². The van der Waals surface area contributed by atoms with Crippen molar-refractivity contribution in [1.82, 2.24) is 9.97 Å². The van der Waals surface area contributed by atoms with E-state index >= 15 is 0 Å². The highest BCUT2D eigenvalue weighted by Gasteiger charge is 2.41. The Kier molecular flexibility index (Phi) is 3.87. The predicted molar refractivity (Wildman–Crippen MR) is 116 cm³/mol. The van der Waals surface area contributed by atoms with E-state index in [1.54, 1.807) is 0 Å². The third kappa shape index (κ3) is 2.40. The molecule has 0 bridgehead atoms. The summed E-state index contributed by atoms with van der Waals surface area (Å²) >= 11 is 0. The topological polar surface area (TPSA) is 42.6 Å². The van der Waals surface area contributed by atoms with Crippen molar-refractivity contribution in [3.8, 4) is 0 Å². The summed E-state index contributed by atoms with van der Waals surface area (Å²) in [7, 11) is 6.35. The van der Waals surface area contributed by atoms with Crippen molar-refractivity contribution < 1.29 is 4.57 Å². The highest BCUT2D eigenvalue weighted by atomic mass is 15.5. The van der Waals surface area contributed by atoms with E-state index < -0.39 is 0 Å². The molecule has 0 radical (unpaired) electrons. The minimum Gasteiger partial charge on any atom is -0.338 e. The van der Waals surface area contributed by atoms with Gasteiger partial charge in [-0.05, 0) is 44.2 Å². The van der Waals surface area contributed by atoms with Gasteiger partial charge in [0.1, 0.15) is 0 Å². The van der Waals surface area contributed by atoms with Crippen LogP contribution in [0.2, 0.25) is 0 Å². The molecule has 5 rings (SSSR count).